The topological polar surface area (TPSA) is 0 Å². The maximum absolute atomic E-state index is 2.63. The number of benzene rings is 1. The third-order valence-electron chi connectivity index (χ3n) is 5.51. The molecule has 0 fully saturated rings. The summed E-state index contributed by atoms with van der Waals surface area (Å²) in [4.78, 5) is 0. The molecule has 0 aliphatic heterocycles. The van der Waals surface area contributed by atoms with Gasteiger partial charge in [0, 0.05) is 0 Å². The molecule has 29 heavy (non-hydrogen) atoms. The van der Waals surface area contributed by atoms with Crippen LogP contribution in [0.15, 0.2) is 12.1 Å². The van der Waals surface area contributed by atoms with Gasteiger partial charge in [-0.15, -0.1) is 0 Å². The summed E-state index contributed by atoms with van der Waals surface area (Å²) in [7, 11) is -2.23. The Balaban J connectivity index is 3.88. The van der Waals surface area contributed by atoms with E-state index in [1.165, 1.54) is 5.56 Å². The predicted octanol–water partition coefficient (Wildman–Crippen LogP) is 7.07. The molecule has 0 atom stereocenters. The zero-order chi connectivity index (χ0) is 23.2. The average Bonchev–Trinajstić information content (AvgIpc) is 2.40. The van der Waals surface area contributed by atoms with Crippen molar-refractivity contribution in [2.75, 3.05) is 0 Å². The molecule has 0 nitrogen and oxygen atoms in total. The maximum atomic E-state index is 2.63. The molecule has 0 unspecified atom stereocenters. The summed E-state index contributed by atoms with van der Waals surface area (Å²) in [5.41, 5.74) is 5.43. The first-order valence-electron chi connectivity index (χ1n) is 11.2. The summed E-state index contributed by atoms with van der Waals surface area (Å²) >= 11 is 0.704. The van der Waals surface area contributed by atoms with E-state index in [1.54, 1.807) is 15.5 Å². The van der Waals surface area contributed by atoms with Gasteiger partial charge in [0.05, 0.1) is 0 Å². The van der Waals surface area contributed by atoms with E-state index in [4.69, 9.17) is 0 Å². The Labute approximate surface area is 196 Å². The normalized spacial score (nSPS) is 14.9. The van der Waals surface area contributed by atoms with Crippen LogP contribution in [0, 0.1) is 0 Å². The SMILES string of the molecule is CC(C)(C)c1cc(C(C)(C)C)c([As]=[As]C([Si](C)(C)C)[Si](C)(C)C)c(C(C)(C)C)c1. The predicted molar refractivity (Wildman–Crippen MR) is 144 cm³/mol. The molecule has 0 heterocycles. The first-order valence-corrected chi connectivity index (χ1v) is 25.5. The fourth-order valence-corrected chi connectivity index (χ4v) is 52.8. The van der Waals surface area contributed by atoms with Crippen molar-refractivity contribution in [3.63, 3.8) is 0 Å². The van der Waals surface area contributed by atoms with Gasteiger partial charge in [-0.2, -0.15) is 0 Å². The first-order chi connectivity index (χ1) is 12.6. The molecule has 0 N–H and O–H groups in total. The molecular formula is C25H48As2Si2. The molecule has 1 aromatic carbocycles. The van der Waals surface area contributed by atoms with Gasteiger partial charge in [0.2, 0.25) is 0 Å². The van der Waals surface area contributed by atoms with Gasteiger partial charge in [-0.05, 0) is 0 Å². The summed E-state index contributed by atoms with van der Waals surface area (Å²) < 4.78 is 2.88. The van der Waals surface area contributed by atoms with Crippen LogP contribution in [0.5, 0.6) is 0 Å². The van der Waals surface area contributed by atoms with Crippen molar-refractivity contribution in [3.05, 3.63) is 28.8 Å². The van der Waals surface area contributed by atoms with Crippen LogP contribution in [-0.4, -0.2) is 42.4 Å². The van der Waals surface area contributed by atoms with Crippen LogP contribution >= 0.6 is 0 Å². The van der Waals surface area contributed by atoms with Gasteiger partial charge in [0.1, 0.15) is 0 Å². The van der Waals surface area contributed by atoms with E-state index in [-0.39, 0.29) is 29.4 Å². The second-order valence-electron chi connectivity index (χ2n) is 14.0. The van der Waals surface area contributed by atoms with E-state index in [9.17, 15) is 0 Å². The van der Waals surface area contributed by atoms with E-state index in [0.717, 1.165) is 3.95 Å². The zero-order valence-corrected chi connectivity index (χ0v) is 27.9. The molecule has 1 rings (SSSR count). The molecule has 1 aromatic rings. The minimum absolute atomic E-state index is 0.196. The Morgan fingerprint density at radius 3 is 1.21 bits per heavy atom. The summed E-state index contributed by atoms with van der Waals surface area (Å²) in [6.07, 6.45) is 0. The molecule has 0 saturated heterocycles. The molecule has 0 aromatic heterocycles. The number of hydrogen-bond acceptors (Lipinski definition) is 0. The van der Waals surface area contributed by atoms with Gasteiger partial charge < -0.3 is 0 Å². The monoisotopic (exact) mass is 554 g/mol. The second-order valence-corrected chi connectivity index (χ2v) is 34.9. The third kappa shape index (κ3) is 7.69. The molecule has 0 saturated carbocycles. The fraction of sp³-hybridized carbons (Fsp3) is 0.760. The van der Waals surface area contributed by atoms with E-state index in [1.807, 2.05) is 0 Å². The van der Waals surface area contributed by atoms with Gasteiger partial charge in [-0.3, -0.25) is 0 Å². The van der Waals surface area contributed by atoms with Gasteiger partial charge in [-0.1, -0.05) is 0 Å². The van der Waals surface area contributed by atoms with Crippen molar-refractivity contribution in [3.8, 4) is 0 Å². The van der Waals surface area contributed by atoms with Crippen molar-refractivity contribution >= 4 is 46.8 Å². The molecule has 0 bridgehead atoms. The van der Waals surface area contributed by atoms with Crippen molar-refractivity contribution in [2.24, 2.45) is 0 Å². The summed E-state index contributed by atoms with van der Waals surface area (Å²) in [6.45, 7) is 37.4. The van der Waals surface area contributed by atoms with Crippen LogP contribution < -0.4 is 4.35 Å². The zero-order valence-electron chi connectivity index (χ0n) is 22.1. The fourth-order valence-electron chi connectivity index (χ4n) is 4.08. The Hall–Kier alpha value is 0.771. The van der Waals surface area contributed by atoms with E-state index in [2.05, 4.69) is 114 Å². The molecule has 0 radical (unpaired) electrons. The van der Waals surface area contributed by atoms with Crippen molar-refractivity contribution < 1.29 is 0 Å². The molecular weight excluding hydrogens is 506 g/mol. The van der Waals surface area contributed by atoms with Crippen LogP contribution in [0.25, 0.3) is 0 Å². The van der Waals surface area contributed by atoms with Gasteiger partial charge >= 0.3 is 197 Å². The van der Waals surface area contributed by atoms with Crippen LogP contribution in [0.2, 0.25) is 43.2 Å². The van der Waals surface area contributed by atoms with Gasteiger partial charge in [0.25, 0.3) is 0 Å². The van der Waals surface area contributed by atoms with Crippen LogP contribution in [-0.2, 0) is 16.2 Å². The third-order valence-corrected chi connectivity index (χ3v) is 38.1. The first kappa shape index (κ1) is 27.8. The van der Waals surface area contributed by atoms with Crippen molar-refractivity contribution in [1.29, 1.82) is 0 Å². The number of rotatable bonds is 4. The Bertz CT molecular complexity index is 694. The Morgan fingerprint density at radius 1 is 0.621 bits per heavy atom. The van der Waals surface area contributed by atoms with Gasteiger partial charge in [0.15, 0.2) is 0 Å². The molecule has 0 aliphatic carbocycles. The van der Waals surface area contributed by atoms with E-state index >= 15 is 0 Å². The quantitative estimate of drug-likeness (QED) is 0.349. The summed E-state index contributed by atoms with van der Waals surface area (Å²) in [5, 5.41) is 0. The van der Waals surface area contributed by atoms with Gasteiger partial charge in [-0.25, -0.2) is 0 Å². The molecule has 0 spiro atoms. The molecule has 0 amide bonds. The Kier molecular flexibility index (Phi) is 8.59. The van der Waals surface area contributed by atoms with Crippen molar-refractivity contribution in [1.82, 2.24) is 0 Å². The minimum atomic E-state index is -1.12. The Morgan fingerprint density at radius 2 is 0.966 bits per heavy atom. The summed E-state index contributed by atoms with van der Waals surface area (Å²) in [6, 6.07) is 5.17. The number of hydrogen-bond donors (Lipinski definition) is 0. The second kappa shape index (κ2) is 8.96. The summed E-state index contributed by atoms with van der Waals surface area (Å²) in [5.74, 6) is 0. The van der Waals surface area contributed by atoms with Crippen LogP contribution in [0.3, 0.4) is 0 Å². The van der Waals surface area contributed by atoms with E-state index < -0.39 is 16.1 Å². The van der Waals surface area contributed by atoms with E-state index in [0.29, 0.717) is 13.1 Å². The standard InChI is InChI=1S/C25H48As2Si2/c1-23(2,3)18-16-19(24(4,5)6)21(20(17-18)25(7,8)9)26-27-22(28(10,11)12)29(13,14)15/h16-17,22H,1-15H3. The molecule has 0 aliphatic rings. The van der Waals surface area contributed by atoms with Crippen LogP contribution in [0.1, 0.15) is 79.0 Å². The average molecular weight is 555 g/mol. The van der Waals surface area contributed by atoms with Crippen LogP contribution in [0.4, 0.5) is 0 Å². The van der Waals surface area contributed by atoms with Crippen molar-refractivity contribution in [2.45, 2.75) is 122 Å². The molecule has 166 valence electrons. The molecule has 4 heteroatoms.